The van der Waals surface area contributed by atoms with Crippen molar-refractivity contribution >= 4 is 0 Å². The first-order chi connectivity index (χ1) is 15.6. The van der Waals surface area contributed by atoms with Gasteiger partial charge >= 0.3 is 26.2 Å². The maximum absolute atomic E-state index is 7.57. The maximum atomic E-state index is 7.57. The van der Waals surface area contributed by atoms with Crippen molar-refractivity contribution in [3.63, 3.8) is 0 Å². The minimum Gasteiger partial charge on any atom is -0.397 e. The standard InChI is InChI=1S/C20H17.C6H5.2C2H6O.Zr/c1-20(17-11-5-2-6-12-17,18-13-7-3-8-14-18)19-15-9-4-10-16-19;1-2-4-6-5-3-1;2*1-2-3;/h2-16H,1H2;1-5H;2*3H,2H2,1H3;/q2*-1;;;+2. The summed E-state index contributed by atoms with van der Waals surface area (Å²) in [5.41, 5.74) is 3.25. The number of hydrogen-bond donors (Lipinski definition) is 2. The van der Waals surface area contributed by atoms with E-state index in [1.54, 1.807) is 13.8 Å². The number of aliphatic hydroxyl groups excluding tert-OH is 2. The smallest absolute Gasteiger partial charge is 0.397 e. The Hall–Kier alpha value is -2.32. The van der Waals surface area contributed by atoms with Gasteiger partial charge in [-0.15, -0.1) is 0 Å². The van der Waals surface area contributed by atoms with E-state index in [9.17, 15) is 0 Å². The molecule has 0 amide bonds. The van der Waals surface area contributed by atoms with Crippen LogP contribution in [0.1, 0.15) is 30.5 Å². The molecule has 33 heavy (non-hydrogen) atoms. The summed E-state index contributed by atoms with van der Waals surface area (Å²) in [5, 5.41) is 15.1. The molecule has 0 saturated heterocycles. The second-order valence-electron chi connectivity index (χ2n) is 6.71. The fraction of sp³-hybridized carbons (Fsp3) is 0.167. The molecule has 0 aliphatic heterocycles. The van der Waals surface area contributed by atoms with Gasteiger partial charge in [0.25, 0.3) is 0 Å². The van der Waals surface area contributed by atoms with Crippen LogP contribution in [0.25, 0.3) is 0 Å². The summed E-state index contributed by atoms with van der Waals surface area (Å²) in [4.78, 5) is 0. The fourth-order valence-corrected chi connectivity index (χ4v) is 3.01. The molecule has 0 fully saturated rings. The first-order valence-electron chi connectivity index (χ1n) is 10.8. The predicted molar refractivity (Wildman–Crippen MR) is 135 cm³/mol. The van der Waals surface area contributed by atoms with Gasteiger partial charge in [0.15, 0.2) is 0 Å². The number of rotatable bonds is 3. The van der Waals surface area contributed by atoms with Crippen LogP contribution >= 0.6 is 0 Å². The Morgan fingerprint density at radius 3 is 1.00 bits per heavy atom. The summed E-state index contributed by atoms with van der Waals surface area (Å²) in [6.45, 7) is 8.44. The number of aliphatic hydroxyl groups is 2. The van der Waals surface area contributed by atoms with Gasteiger partial charge in [-0.05, 0) is 13.8 Å². The summed E-state index contributed by atoms with van der Waals surface area (Å²) in [5.74, 6) is 0. The molecular formula is C30H34O2Zr. The van der Waals surface area contributed by atoms with Gasteiger partial charge in [0.05, 0.1) is 0 Å². The van der Waals surface area contributed by atoms with Crippen LogP contribution in [0.4, 0.5) is 0 Å². The zero-order chi connectivity index (χ0) is 23.5. The second-order valence-corrected chi connectivity index (χ2v) is 6.71. The van der Waals surface area contributed by atoms with Crippen LogP contribution < -0.4 is 0 Å². The zero-order valence-electron chi connectivity index (χ0n) is 19.6. The van der Waals surface area contributed by atoms with Gasteiger partial charge in [-0.2, -0.15) is 36.4 Å². The van der Waals surface area contributed by atoms with Crippen molar-refractivity contribution in [3.05, 3.63) is 151 Å². The molecule has 0 unspecified atom stereocenters. The second kappa shape index (κ2) is 19.2. The van der Waals surface area contributed by atoms with Crippen LogP contribution in [0, 0.1) is 13.0 Å². The van der Waals surface area contributed by atoms with E-state index in [4.69, 9.17) is 10.2 Å². The van der Waals surface area contributed by atoms with E-state index in [0.29, 0.717) is 0 Å². The van der Waals surface area contributed by atoms with E-state index in [2.05, 4.69) is 85.8 Å². The Balaban J connectivity index is 0.000000655. The van der Waals surface area contributed by atoms with Crippen LogP contribution in [0.3, 0.4) is 0 Å². The third-order valence-corrected chi connectivity index (χ3v) is 4.41. The summed E-state index contributed by atoms with van der Waals surface area (Å²) in [7, 11) is 0. The van der Waals surface area contributed by atoms with Crippen LogP contribution in [0.5, 0.6) is 0 Å². The van der Waals surface area contributed by atoms with Crippen LogP contribution in [0.2, 0.25) is 0 Å². The Kier molecular flexibility index (Phi) is 17.8. The molecule has 0 heterocycles. The first kappa shape index (κ1) is 30.7. The molecule has 4 aromatic carbocycles. The van der Waals surface area contributed by atoms with Crippen molar-refractivity contribution in [3.8, 4) is 0 Å². The molecule has 3 heteroatoms. The van der Waals surface area contributed by atoms with Crippen molar-refractivity contribution in [2.75, 3.05) is 13.2 Å². The molecule has 0 aromatic heterocycles. The minimum atomic E-state index is -0.371. The summed E-state index contributed by atoms with van der Waals surface area (Å²) in [6.07, 6.45) is 0. The van der Waals surface area contributed by atoms with E-state index in [1.807, 2.05) is 48.5 Å². The van der Waals surface area contributed by atoms with E-state index < -0.39 is 0 Å². The van der Waals surface area contributed by atoms with Crippen molar-refractivity contribution < 1.29 is 36.4 Å². The summed E-state index contributed by atoms with van der Waals surface area (Å²) >= 11 is 0. The van der Waals surface area contributed by atoms with Crippen LogP contribution in [-0.2, 0) is 31.6 Å². The molecule has 0 radical (unpaired) electrons. The van der Waals surface area contributed by atoms with Crippen molar-refractivity contribution in [1.82, 2.24) is 0 Å². The van der Waals surface area contributed by atoms with Gasteiger partial charge in [-0.1, -0.05) is 113 Å². The third-order valence-electron chi connectivity index (χ3n) is 4.41. The molecule has 0 aliphatic carbocycles. The largest absolute Gasteiger partial charge is 2.00 e. The van der Waals surface area contributed by atoms with E-state index in [1.165, 1.54) is 16.7 Å². The summed E-state index contributed by atoms with van der Waals surface area (Å²) in [6, 6.07) is 43.9. The molecule has 4 rings (SSSR count). The molecular weight excluding hydrogens is 484 g/mol. The van der Waals surface area contributed by atoms with Gasteiger partial charge in [0.1, 0.15) is 0 Å². The SMILES string of the molecule is CCO.CCO.[CH2-]C(c1ccccc1)(c1ccccc1)c1ccccc1.[Zr+2].[c-]1ccccc1. The number of hydrogen-bond acceptors (Lipinski definition) is 2. The monoisotopic (exact) mass is 516 g/mol. The Morgan fingerprint density at radius 1 is 0.576 bits per heavy atom. The topological polar surface area (TPSA) is 40.5 Å². The van der Waals surface area contributed by atoms with E-state index in [0.717, 1.165) is 0 Å². The minimum absolute atomic E-state index is 0. The van der Waals surface area contributed by atoms with Crippen molar-refractivity contribution in [2.45, 2.75) is 19.3 Å². The van der Waals surface area contributed by atoms with Crippen LogP contribution in [-0.4, -0.2) is 23.4 Å². The first-order valence-corrected chi connectivity index (χ1v) is 10.8. The van der Waals surface area contributed by atoms with E-state index in [-0.39, 0.29) is 44.8 Å². The quantitative estimate of drug-likeness (QED) is 0.246. The fourth-order valence-electron chi connectivity index (χ4n) is 3.01. The van der Waals surface area contributed by atoms with Crippen molar-refractivity contribution in [2.24, 2.45) is 0 Å². The molecule has 170 valence electrons. The van der Waals surface area contributed by atoms with Crippen LogP contribution in [0.15, 0.2) is 121 Å². The molecule has 0 atom stereocenters. The average Bonchev–Trinajstić information content (AvgIpc) is 2.87. The number of benzene rings is 4. The Labute approximate surface area is 219 Å². The normalized spacial score (nSPS) is 9.36. The van der Waals surface area contributed by atoms with Gasteiger partial charge in [0, 0.05) is 13.2 Å². The average molecular weight is 518 g/mol. The van der Waals surface area contributed by atoms with Gasteiger partial charge < -0.3 is 17.1 Å². The molecule has 0 saturated carbocycles. The van der Waals surface area contributed by atoms with Gasteiger partial charge in [-0.25, -0.2) is 0 Å². The Bertz CT molecular complexity index is 789. The van der Waals surface area contributed by atoms with Crippen molar-refractivity contribution in [1.29, 1.82) is 0 Å². The molecule has 2 N–H and O–H groups in total. The maximum Gasteiger partial charge on any atom is 2.00 e. The Morgan fingerprint density at radius 2 is 0.818 bits per heavy atom. The van der Waals surface area contributed by atoms with Gasteiger partial charge in [-0.3, -0.25) is 0 Å². The molecule has 0 bridgehead atoms. The van der Waals surface area contributed by atoms with E-state index >= 15 is 0 Å². The van der Waals surface area contributed by atoms with Gasteiger partial charge in [0.2, 0.25) is 0 Å². The molecule has 0 aliphatic rings. The molecule has 2 nitrogen and oxygen atoms in total. The molecule has 0 spiro atoms. The summed E-state index contributed by atoms with van der Waals surface area (Å²) < 4.78 is 0. The zero-order valence-corrected chi connectivity index (χ0v) is 22.0. The molecule has 4 aromatic rings. The predicted octanol–water partition coefficient (Wildman–Crippen LogP) is 6.34. The third kappa shape index (κ3) is 10.9.